The quantitative estimate of drug-likeness (QED) is 0.832. The van der Waals surface area contributed by atoms with Crippen LogP contribution in [0.1, 0.15) is 42.5 Å². The molecule has 23 heavy (non-hydrogen) atoms. The molecule has 1 saturated heterocycles. The van der Waals surface area contributed by atoms with Crippen molar-refractivity contribution >= 4 is 29.0 Å². The van der Waals surface area contributed by atoms with Crippen LogP contribution < -0.4 is 5.56 Å². The first-order chi connectivity index (χ1) is 11.1. The number of aromatic amines is 2. The number of amides is 1. The fraction of sp³-hybridized carbons (Fsp3) is 0.471. The monoisotopic (exact) mass is 329 g/mol. The molecule has 2 aromatic rings. The summed E-state index contributed by atoms with van der Waals surface area (Å²) in [6.45, 7) is 0.837. The minimum atomic E-state index is -0.226. The van der Waals surface area contributed by atoms with Crippen LogP contribution >= 0.6 is 12.2 Å². The number of likely N-dealkylation sites (tertiary alicyclic amines) is 1. The Morgan fingerprint density at radius 3 is 2.74 bits per heavy atom. The topological polar surface area (TPSA) is 69.0 Å². The van der Waals surface area contributed by atoms with Crippen LogP contribution in [0, 0.1) is 10.7 Å². The van der Waals surface area contributed by atoms with Crippen LogP contribution in [0.4, 0.5) is 0 Å². The lowest BCUT2D eigenvalue weighted by Gasteiger charge is -2.37. The molecule has 1 aromatic heterocycles. The fourth-order valence-corrected chi connectivity index (χ4v) is 4.03. The van der Waals surface area contributed by atoms with Gasteiger partial charge in [0.1, 0.15) is 0 Å². The maximum absolute atomic E-state index is 12.9. The van der Waals surface area contributed by atoms with E-state index in [-0.39, 0.29) is 16.2 Å². The number of hydrogen-bond acceptors (Lipinski definition) is 3. The zero-order valence-electron chi connectivity index (χ0n) is 12.8. The van der Waals surface area contributed by atoms with Crippen molar-refractivity contribution < 1.29 is 4.79 Å². The van der Waals surface area contributed by atoms with Crippen molar-refractivity contribution in [2.24, 2.45) is 5.92 Å². The zero-order valence-corrected chi connectivity index (χ0v) is 13.6. The normalized spacial score (nSPS) is 21.6. The molecule has 4 rings (SSSR count). The van der Waals surface area contributed by atoms with Gasteiger partial charge in [0.2, 0.25) is 0 Å². The number of nitrogens with one attached hydrogen (secondary N) is 2. The summed E-state index contributed by atoms with van der Waals surface area (Å²) in [6.07, 6.45) is 5.98. The van der Waals surface area contributed by atoms with Gasteiger partial charge in [-0.1, -0.05) is 6.42 Å². The molecule has 1 aliphatic heterocycles. The van der Waals surface area contributed by atoms with Gasteiger partial charge in [0.25, 0.3) is 11.5 Å². The van der Waals surface area contributed by atoms with Gasteiger partial charge >= 0.3 is 0 Å². The molecule has 2 fully saturated rings. The minimum Gasteiger partial charge on any atom is -0.335 e. The molecule has 1 aliphatic carbocycles. The number of benzene rings is 1. The Hall–Kier alpha value is -1.95. The predicted molar refractivity (Wildman–Crippen MR) is 91.2 cm³/mol. The van der Waals surface area contributed by atoms with Crippen molar-refractivity contribution in [1.82, 2.24) is 14.9 Å². The molecular formula is C17H19N3O2S. The summed E-state index contributed by atoms with van der Waals surface area (Å²) < 4.78 is 0.278. The van der Waals surface area contributed by atoms with Gasteiger partial charge < -0.3 is 9.88 Å². The SMILES string of the molecule is O=C(c1ccc2c(=O)[nH]c(=S)[nH]c2c1)N1CCCC1C1CCC1. The summed E-state index contributed by atoms with van der Waals surface area (Å²) >= 11 is 5.01. The zero-order chi connectivity index (χ0) is 16.0. The lowest BCUT2D eigenvalue weighted by atomic mass is 9.78. The fourth-order valence-electron chi connectivity index (χ4n) is 3.83. The molecule has 1 atom stereocenters. The lowest BCUT2D eigenvalue weighted by molar-refractivity contribution is 0.0626. The van der Waals surface area contributed by atoms with E-state index >= 15 is 0 Å². The molecular weight excluding hydrogens is 310 g/mol. The van der Waals surface area contributed by atoms with Gasteiger partial charge in [-0.15, -0.1) is 0 Å². The van der Waals surface area contributed by atoms with Crippen molar-refractivity contribution in [2.75, 3.05) is 6.54 Å². The van der Waals surface area contributed by atoms with Crippen molar-refractivity contribution in [3.05, 3.63) is 38.9 Å². The second-order valence-corrected chi connectivity index (χ2v) is 6.98. The van der Waals surface area contributed by atoms with E-state index in [0.29, 0.717) is 28.4 Å². The van der Waals surface area contributed by atoms with E-state index in [9.17, 15) is 9.59 Å². The van der Waals surface area contributed by atoms with E-state index < -0.39 is 0 Å². The van der Waals surface area contributed by atoms with Gasteiger partial charge in [-0.3, -0.25) is 14.6 Å². The van der Waals surface area contributed by atoms with Crippen LogP contribution in [-0.2, 0) is 0 Å². The summed E-state index contributed by atoms with van der Waals surface area (Å²) in [5.74, 6) is 0.747. The Balaban J connectivity index is 1.69. The first-order valence-electron chi connectivity index (χ1n) is 8.21. The number of aromatic nitrogens is 2. The number of carbonyl (C=O) groups excluding carboxylic acids is 1. The molecule has 1 saturated carbocycles. The van der Waals surface area contributed by atoms with E-state index in [1.54, 1.807) is 18.2 Å². The Morgan fingerprint density at radius 2 is 2.00 bits per heavy atom. The summed E-state index contributed by atoms with van der Waals surface area (Å²) in [6, 6.07) is 5.58. The maximum atomic E-state index is 12.9. The highest BCUT2D eigenvalue weighted by atomic mass is 32.1. The number of carbonyl (C=O) groups is 1. The molecule has 0 spiro atoms. The van der Waals surface area contributed by atoms with Gasteiger partial charge in [-0.05, 0) is 62.0 Å². The third-order valence-electron chi connectivity index (χ3n) is 5.24. The summed E-state index contributed by atoms with van der Waals surface area (Å²) in [5.41, 5.74) is 1.01. The number of H-pyrrole nitrogens is 2. The second-order valence-electron chi connectivity index (χ2n) is 6.57. The van der Waals surface area contributed by atoms with Gasteiger partial charge in [0, 0.05) is 18.2 Å². The molecule has 1 aromatic carbocycles. The van der Waals surface area contributed by atoms with Crippen molar-refractivity contribution in [3.8, 4) is 0 Å². The molecule has 120 valence electrons. The highest BCUT2D eigenvalue weighted by molar-refractivity contribution is 7.71. The number of rotatable bonds is 2. The Morgan fingerprint density at radius 1 is 1.17 bits per heavy atom. The van der Waals surface area contributed by atoms with E-state index in [1.807, 2.05) is 4.90 Å². The van der Waals surface area contributed by atoms with Crippen LogP contribution in [0.3, 0.4) is 0 Å². The smallest absolute Gasteiger partial charge is 0.259 e. The molecule has 0 bridgehead atoms. The van der Waals surface area contributed by atoms with E-state index in [0.717, 1.165) is 19.4 Å². The third kappa shape index (κ3) is 2.51. The minimum absolute atomic E-state index is 0.0703. The van der Waals surface area contributed by atoms with Crippen LogP contribution in [0.15, 0.2) is 23.0 Å². The van der Waals surface area contributed by atoms with Crippen LogP contribution in [0.25, 0.3) is 10.9 Å². The highest BCUT2D eigenvalue weighted by Crippen LogP contribution is 2.37. The van der Waals surface area contributed by atoms with E-state index in [1.165, 1.54) is 19.3 Å². The van der Waals surface area contributed by atoms with E-state index in [2.05, 4.69) is 9.97 Å². The van der Waals surface area contributed by atoms with Crippen molar-refractivity contribution in [2.45, 2.75) is 38.1 Å². The average molecular weight is 329 g/mol. The summed E-state index contributed by atoms with van der Waals surface area (Å²) in [7, 11) is 0. The molecule has 6 heteroatoms. The highest BCUT2D eigenvalue weighted by Gasteiger charge is 2.37. The molecule has 5 nitrogen and oxygen atoms in total. The summed E-state index contributed by atoms with van der Waals surface area (Å²) in [4.78, 5) is 32.4. The van der Waals surface area contributed by atoms with Crippen LogP contribution in [0.2, 0.25) is 0 Å². The molecule has 2 aliphatic rings. The van der Waals surface area contributed by atoms with Gasteiger partial charge in [-0.25, -0.2) is 0 Å². The maximum Gasteiger partial charge on any atom is 0.259 e. The average Bonchev–Trinajstić information content (AvgIpc) is 2.92. The number of nitrogens with zero attached hydrogens (tertiary/aromatic N) is 1. The summed E-state index contributed by atoms with van der Waals surface area (Å²) in [5, 5.41) is 0.520. The lowest BCUT2D eigenvalue weighted by Crippen LogP contribution is -2.42. The third-order valence-corrected chi connectivity index (χ3v) is 5.44. The second kappa shape index (κ2) is 5.60. The predicted octanol–water partition coefficient (Wildman–Crippen LogP) is 2.99. The standard InChI is InChI=1S/C17H19N3O2S/c21-15-12-7-6-11(9-13(12)18-17(23)19-15)16(22)20-8-2-5-14(20)10-3-1-4-10/h6-7,9-10,14H,1-5,8H2,(H2,18,19,21,23). The van der Waals surface area contributed by atoms with Crippen molar-refractivity contribution in [3.63, 3.8) is 0 Å². The molecule has 0 radical (unpaired) electrons. The van der Waals surface area contributed by atoms with Crippen LogP contribution in [0.5, 0.6) is 0 Å². The Bertz CT molecular complexity index is 881. The first-order valence-corrected chi connectivity index (χ1v) is 8.61. The number of fused-ring (bicyclic) bond motifs is 1. The largest absolute Gasteiger partial charge is 0.335 e. The molecule has 2 heterocycles. The van der Waals surface area contributed by atoms with Gasteiger partial charge in [0.15, 0.2) is 4.77 Å². The molecule has 2 N–H and O–H groups in total. The number of hydrogen-bond donors (Lipinski definition) is 2. The van der Waals surface area contributed by atoms with Gasteiger partial charge in [-0.2, -0.15) is 0 Å². The molecule has 1 unspecified atom stereocenters. The first kappa shape index (κ1) is 14.6. The Kier molecular flexibility index (Phi) is 3.56. The molecule has 1 amide bonds. The van der Waals surface area contributed by atoms with E-state index in [4.69, 9.17) is 12.2 Å². The van der Waals surface area contributed by atoms with Crippen LogP contribution in [-0.4, -0.2) is 33.4 Å². The van der Waals surface area contributed by atoms with Gasteiger partial charge in [0.05, 0.1) is 10.9 Å². The Labute approximate surface area is 138 Å². The van der Waals surface area contributed by atoms with Crippen molar-refractivity contribution in [1.29, 1.82) is 0 Å².